The predicted molar refractivity (Wildman–Crippen MR) is 87.9 cm³/mol. The summed E-state index contributed by atoms with van der Waals surface area (Å²) in [5, 5.41) is 2.92. The van der Waals surface area contributed by atoms with E-state index in [-0.39, 0.29) is 17.8 Å². The largest absolute Gasteiger partial charge is 0.346 e. The van der Waals surface area contributed by atoms with E-state index in [0.717, 1.165) is 11.1 Å². The lowest BCUT2D eigenvalue weighted by molar-refractivity contribution is -0.117. The van der Waals surface area contributed by atoms with E-state index in [0.29, 0.717) is 0 Å². The lowest BCUT2D eigenvalue weighted by Crippen LogP contribution is -2.24. The first-order valence-corrected chi connectivity index (χ1v) is 7.27. The number of carbonyl (C=O) groups excluding carboxylic acids is 1. The fraction of sp³-hybridized carbons (Fsp3) is 0.211. The summed E-state index contributed by atoms with van der Waals surface area (Å²) in [5.74, 6) is -0.458. The second-order valence-electron chi connectivity index (χ2n) is 5.46. The highest BCUT2D eigenvalue weighted by molar-refractivity contribution is 5.91. The van der Waals surface area contributed by atoms with Gasteiger partial charge in [-0.3, -0.25) is 4.79 Å². The van der Waals surface area contributed by atoms with Crippen molar-refractivity contribution in [2.24, 2.45) is 0 Å². The first kappa shape index (κ1) is 16.0. The van der Waals surface area contributed by atoms with Gasteiger partial charge in [0.2, 0.25) is 5.91 Å². The van der Waals surface area contributed by atoms with Gasteiger partial charge in [0.05, 0.1) is 6.04 Å². The maximum absolute atomic E-state index is 12.8. The van der Waals surface area contributed by atoms with Gasteiger partial charge >= 0.3 is 0 Å². The van der Waals surface area contributed by atoms with Crippen LogP contribution in [-0.4, -0.2) is 5.91 Å². The standard InChI is InChI=1S/C19H20FNO/c1-13-4-8-17(12-14(13)2)15(3)21-19(22)11-7-16-5-9-18(20)10-6-16/h4-12,15H,1-3H3,(H,21,22)/b11-7+/t15-/m1/s1. The summed E-state index contributed by atoms with van der Waals surface area (Å²) in [7, 11) is 0. The van der Waals surface area contributed by atoms with E-state index < -0.39 is 0 Å². The quantitative estimate of drug-likeness (QED) is 0.836. The van der Waals surface area contributed by atoms with Crippen molar-refractivity contribution in [3.05, 3.63) is 76.6 Å². The van der Waals surface area contributed by atoms with Crippen molar-refractivity contribution >= 4 is 12.0 Å². The van der Waals surface area contributed by atoms with Crippen LogP contribution in [0.3, 0.4) is 0 Å². The summed E-state index contributed by atoms with van der Waals surface area (Å²) in [6, 6.07) is 12.1. The van der Waals surface area contributed by atoms with Gasteiger partial charge in [0.15, 0.2) is 0 Å². The summed E-state index contributed by atoms with van der Waals surface area (Å²) >= 11 is 0. The number of benzene rings is 2. The molecular weight excluding hydrogens is 277 g/mol. The average molecular weight is 297 g/mol. The molecular formula is C19H20FNO. The van der Waals surface area contributed by atoms with Gasteiger partial charge in [-0.1, -0.05) is 30.3 Å². The second-order valence-corrected chi connectivity index (χ2v) is 5.46. The zero-order valence-electron chi connectivity index (χ0n) is 13.1. The first-order valence-electron chi connectivity index (χ1n) is 7.27. The third-order valence-corrected chi connectivity index (χ3v) is 3.69. The molecule has 2 nitrogen and oxygen atoms in total. The molecule has 1 N–H and O–H groups in total. The Bertz CT molecular complexity index is 689. The van der Waals surface area contributed by atoms with Crippen LogP contribution in [0.2, 0.25) is 0 Å². The van der Waals surface area contributed by atoms with Crippen LogP contribution in [0.1, 0.15) is 35.2 Å². The van der Waals surface area contributed by atoms with Crippen LogP contribution in [-0.2, 0) is 4.79 Å². The molecule has 3 heteroatoms. The number of amides is 1. The van der Waals surface area contributed by atoms with Gasteiger partial charge in [-0.15, -0.1) is 0 Å². The highest BCUT2D eigenvalue weighted by atomic mass is 19.1. The van der Waals surface area contributed by atoms with Crippen LogP contribution < -0.4 is 5.32 Å². The molecule has 0 unspecified atom stereocenters. The smallest absolute Gasteiger partial charge is 0.244 e. The van der Waals surface area contributed by atoms with Crippen molar-refractivity contribution in [1.29, 1.82) is 0 Å². The topological polar surface area (TPSA) is 29.1 Å². The van der Waals surface area contributed by atoms with Crippen LogP contribution in [0.25, 0.3) is 6.08 Å². The van der Waals surface area contributed by atoms with Crippen molar-refractivity contribution in [3.63, 3.8) is 0 Å². The minimum Gasteiger partial charge on any atom is -0.346 e. The Kier molecular flexibility index (Phi) is 5.10. The van der Waals surface area contributed by atoms with E-state index in [1.807, 2.05) is 13.0 Å². The SMILES string of the molecule is Cc1ccc([C@@H](C)NC(=O)/C=C/c2ccc(F)cc2)cc1C. The van der Waals surface area contributed by atoms with Crippen LogP contribution >= 0.6 is 0 Å². The average Bonchev–Trinajstić information content (AvgIpc) is 2.49. The molecule has 0 fully saturated rings. The molecule has 0 spiro atoms. The molecule has 114 valence electrons. The summed E-state index contributed by atoms with van der Waals surface area (Å²) in [5.41, 5.74) is 4.31. The van der Waals surface area contributed by atoms with E-state index in [2.05, 4.69) is 31.3 Å². The van der Waals surface area contributed by atoms with Gasteiger partial charge in [0.1, 0.15) is 5.82 Å². The summed E-state index contributed by atoms with van der Waals surface area (Å²) < 4.78 is 12.8. The fourth-order valence-electron chi connectivity index (χ4n) is 2.12. The van der Waals surface area contributed by atoms with E-state index in [1.165, 1.54) is 29.3 Å². The Morgan fingerprint density at radius 2 is 1.77 bits per heavy atom. The van der Waals surface area contributed by atoms with Gasteiger partial charge in [0, 0.05) is 6.08 Å². The molecule has 0 aliphatic rings. The number of nitrogens with one attached hydrogen (secondary N) is 1. The number of hydrogen-bond acceptors (Lipinski definition) is 1. The molecule has 0 radical (unpaired) electrons. The monoisotopic (exact) mass is 297 g/mol. The minimum absolute atomic E-state index is 0.0651. The summed E-state index contributed by atoms with van der Waals surface area (Å²) in [6.45, 7) is 6.07. The van der Waals surface area contributed by atoms with Crippen molar-refractivity contribution in [1.82, 2.24) is 5.32 Å². The number of halogens is 1. The molecule has 2 rings (SSSR count). The number of rotatable bonds is 4. The number of aryl methyl sites for hydroxylation is 2. The van der Waals surface area contributed by atoms with E-state index >= 15 is 0 Å². The summed E-state index contributed by atoms with van der Waals surface area (Å²) in [4.78, 5) is 11.9. The maximum Gasteiger partial charge on any atom is 0.244 e. The molecule has 0 saturated heterocycles. The highest BCUT2D eigenvalue weighted by Crippen LogP contribution is 2.16. The van der Waals surface area contributed by atoms with Crippen LogP contribution in [0.5, 0.6) is 0 Å². The zero-order chi connectivity index (χ0) is 16.1. The Morgan fingerprint density at radius 1 is 1.09 bits per heavy atom. The van der Waals surface area contributed by atoms with Gasteiger partial charge in [-0.25, -0.2) is 4.39 Å². The third kappa shape index (κ3) is 4.29. The lowest BCUT2D eigenvalue weighted by Gasteiger charge is -2.14. The summed E-state index contributed by atoms with van der Waals surface area (Å²) in [6.07, 6.45) is 3.13. The third-order valence-electron chi connectivity index (χ3n) is 3.69. The van der Waals surface area contributed by atoms with Crippen LogP contribution in [0.4, 0.5) is 4.39 Å². The maximum atomic E-state index is 12.8. The van der Waals surface area contributed by atoms with Gasteiger partial charge in [-0.2, -0.15) is 0 Å². The molecule has 1 amide bonds. The molecule has 2 aromatic rings. The highest BCUT2D eigenvalue weighted by Gasteiger charge is 2.08. The number of hydrogen-bond donors (Lipinski definition) is 1. The minimum atomic E-state index is -0.287. The van der Waals surface area contributed by atoms with E-state index in [9.17, 15) is 9.18 Å². The molecule has 0 saturated carbocycles. The zero-order valence-corrected chi connectivity index (χ0v) is 13.1. The Hall–Kier alpha value is -2.42. The Morgan fingerprint density at radius 3 is 2.41 bits per heavy atom. The Labute approximate surface area is 130 Å². The van der Waals surface area contributed by atoms with Crippen LogP contribution in [0, 0.1) is 19.7 Å². The molecule has 2 aromatic carbocycles. The molecule has 0 bridgehead atoms. The van der Waals surface area contributed by atoms with Crippen molar-refractivity contribution < 1.29 is 9.18 Å². The van der Waals surface area contributed by atoms with Crippen molar-refractivity contribution in [2.75, 3.05) is 0 Å². The predicted octanol–water partition coefficient (Wildman–Crippen LogP) is 4.33. The molecule has 22 heavy (non-hydrogen) atoms. The van der Waals surface area contributed by atoms with Gasteiger partial charge < -0.3 is 5.32 Å². The molecule has 1 atom stereocenters. The molecule has 0 aliphatic heterocycles. The van der Waals surface area contributed by atoms with E-state index in [1.54, 1.807) is 18.2 Å². The lowest BCUT2D eigenvalue weighted by atomic mass is 10.0. The van der Waals surface area contributed by atoms with Crippen LogP contribution in [0.15, 0.2) is 48.5 Å². The van der Waals surface area contributed by atoms with Crippen molar-refractivity contribution in [3.8, 4) is 0 Å². The first-order chi connectivity index (χ1) is 10.5. The number of carbonyl (C=O) groups is 1. The molecule has 0 heterocycles. The van der Waals surface area contributed by atoms with Gasteiger partial charge in [-0.05, 0) is 61.2 Å². The van der Waals surface area contributed by atoms with Crippen molar-refractivity contribution in [2.45, 2.75) is 26.8 Å². The molecule has 0 aliphatic carbocycles. The van der Waals surface area contributed by atoms with E-state index in [4.69, 9.17) is 0 Å². The van der Waals surface area contributed by atoms with Gasteiger partial charge in [0.25, 0.3) is 0 Å². The Balaban J connectivity index is 1.98. The fourth-order valence-corrected chi connectivity index (χ4v) is 2.12. The molecule has 0 aromatic heterocycles. The normalized spacial score (nSPS) is 12.4. The second kappa shape index (κ2) is 7.03.